The van der Waals surface area contributed by atoms with Crippen LogP contribution in [-0.4, -0.2) is 5.91 Å². The molecule has 1 aliphatic heterocycles. The van der Waals surface area contributed by atoms with E-state index in [0.29, 0.717) is 6.42 Å². The van der Waals surface area contributed by atoms with Crippen LogP contribution in [0.25, 0.3) is 0 Å². The third-order valence-electron chi connectivity index (χ3n) is 3.69. The highest BCUT2D eigenvalue weighted by molar-refractivity contribution is 5.81. The predicted octanol–water partition coefficient (Wildman–Crippen LogP) is 2.14. The molecule has 3 rings (SSSR count). The highest BCUT2D eigenvalue weighted by Gasteiger charge is 2.45. The first-order valence-electron chi connectivity index (χ1n) is 5.53. The number of carbonyl (C=O) groups excluding carboxylic acids is 1. The summed E-state index contributed by atoms with van der Waals surface area (Å²) in [5.74, 6) is 1.80. The number of amides is 1. The zero-order valence-corrected chi connectivity index (χ0v) is 8.47. The van der Waals surface area contributed by atoms with Gasteiger partial charge in [0.1, 0.15) is 0 Å². The van der Waals surface area contributed by atoms with Crippen molar-refractivity contribution in [1.29, 1.82) is 0 Å². The molecule has 14 heavy (non-hydrogen) atoms. The van der Waals surface area contributed by atoms with Gasteiger partial charge in [0.15, 0.2) is 0 Å². The maximum absolute atomic E-state index is 11.3. The lowest BCUT2D eigenvalue weighted by Crippen LogP contribution is -2.29. The second-order valence-electron chi connectivity index (χ2n) is 4.51. The lowest BCUT2D eigenvalue weighted by atomic mass is 9.90. The van der Waals surface area contributed by atoms with Gasteiger partial charge in [-0.25, -0.2) is 0 Å². The standard InChI is InChI=1S/C12H15NO/c1-2-7-5-11-8(10-6-9(7)10)3-4-12(14)13-11/h5,9-10H,2-4,6H2,1H3,(H,13,14). The van der Waals surface area contributed by atoms with Gasteiger partial charge < -0.3 is 5.32 Å². The third kappa shape index (κ3) is 1.06. The number of allylic oxidation sites excluding steroid dienone is 3. The minimum atomic E-state index is 0.189. The maximum Gasteiger partial charge on any atom is 0.224 e. The summed E-state index contributed by atoms with van der Waals surface area (Å²) < 4.78 is 0. The van der Waals surface area contributed by atoms with Gasteiger partial charge in [0.2, 0.25) is 5.91 Å². The van der Waals surface area contributed by atoms with Crippen LogP contribution in [-0.2, 0) is 4.79 Å². The molecule has 3 aliphatic rings. The molecule has 2 nitrogen and oxygen atoms in total. The van der Waals surface area contributed by atoms with Crippen molar-refractivity contribution in [1.82, 2.24) is 5.32 Å². The summed E-state index contributed by atoms with van der Waals surface area (Å²) in [6.45, 7) is 2.21. The molecule has 2 atom stereocenters. The predicted molar refractivity (Wildman–Crippen MR) is 54.4 cm³/mol. The van der Waals surface area contributed by atoms with E-state index in [-0.39, 0.29) is 5.91 Å². The lowest BCUT2D eigenvalue weighted by molar-refractivity contribution is -0.120. The molecule has 0 radical (unpaired) electrons. The van der Waals surface area contributed by atoms with E-state index in [1.807, 2.05) is 0 Å². The number of hydrogen-bond donors (Lipinski definition) is 1. The van der Waals surface area contributed by atoms with Crippen molar-refractivity contribution in [2.45, 2.75) is 32.6 Å². The lowest BCUT2D eigenvalue weighted by Gasteiger charge is -2.23. The van der Waals surface area contributed by atoms with Crippen molar-refractivity contribution < 1.29 is 4.79 Å². The molecule has 0 aromatic carbocycles. The zero-order valence-electron chi connectivity index (χ0n) is 8.47. The van der Waals surface area contributed by atoms with Crippen LogP contribution < -0.4 is 5.32 Å². The molecule has 1 amide bonds. The van der Waals surface area contributed by atoms with Gasteiger partial charge in [0.05, 0.1) is 0 Å². The van der Waals surface area contributed by atoms with Crippen molar-refractivity contribution in [2.24, 2.45) is 11.8 Å². The van der Waals surface area contributed by atoms with Crippen molar-refractivity contribution in [3.8, 4) is 0 Å². The molecule has 2 aliphatic carbocycles. The summed E-state index contributed by atoms with van der Waals surface area (Å²) in [4.78, 5) is 11.3. The highest BCUT2D eigenvalue weighted by Crippen LogP contribution is 2.54. The molecule has 1 N–H and O–H groups in total. The Labute approximate surface area is 84.1 Å². The first-order valence-corrected chi connectivity index (χ1v) is 5.53. The van der Waals surface area contributed by atoms with E-state index in [1.165, 1.54) is 17.6 Å². The van der Waals surface area contributed by atoms with Gasteiger partial charge in [-0.1, -0.05) is 12.5 Å². The third-order valence-corrected chi connectivity index (χ3v) is 3.69. The van der Waals surface area contributed by atoms with Gasteiger partial charge in [-0.3, -0.25) is 4.79 Å². The van der Waals surface area contributed by atoms with Gasteiger partial charge in [-0.15, -0.1) is 0 Å². The van der Waals surface area contributed by atoms with Crippen LogP contribution in [0.15, 0.2) is 22.9 Å². The topological polar surface area (TPSA) is 29.1 Å². The molecule has 2 heteroatoms. The molecule has 0 saturated heterocycles. The molecule has 0 bridgehead atoms. The first-order chi connectivity index (χ1) is 6.79. The van der Waals surface area contributed by atoms with E-state index in [2.05, 4.69) is 18.3 Å². The number of fused-ring (bicyclic) bond motifs is 2. The monoisotopic (exact) mass is 189 g/mol. The Hall–Kier alpha value is -1.05. The van der Waals surface area contributed by atoms with Crippen LogP contribution in [0.5, 0.6) is 0 Å². The number of nitrogens with one attached hydrogen (secondary N) is 1. The molecule has 1 saturated carbocycles. The van der Waals surface area contributed by atoms with Crippen LogP contribution in [0.1, 0.15) is 32.6 Å². The van der Waals surface area contributed by atoms with Gasteiger partial charge >= 0.3 is 0 Å². The maximum atomic E-state index is 11.3. The van der Waals surface area contributed by atoms with Crippen molar-refractivity contribution in [3.05, 3.63) is 22.9 Å². The Balaban J connectivity index is 1.98. The molecule has 0 aromatic heterocycles. The van der Waals surface area contributed by atoms with E-state index in [4.69, 9.17) is 0 Å². The molecular weight excluding hydrogens is 174 g/mol. The Morgan fingerprint density at radius 2 is 2.29 bits per heavy atom. The van der Waals surface area contributed by atoms with Gasteiger partial charge in [0, 0.05) is 12.1 Å². The Kier molecular flexibility index (Phi) is 1.61. The molecule has 0 aromatic rings. The molecule has 2 unspecified atom stereocenters. The van der Waals surface area contributed by atoms with Crippen LogP contribution in [0, 0.1) is 11.8 Å². The smallest absolute Gasteiger partial charge is 0.224 e. The Morgan fingerprint density at radius 3 is 3.07 bits per heavy atom. The molecular formula is C12H15NO. The highest BCUT2D eigenvalue weighted by atomic mass is 16.1. The summed E-state index contributed by atoms with van der Waals surface area (Å²) in [6, 6.07) is 0. The zero-order chi connectivity index (χ0) is 9.71. The summed E-state index contributed by atoms with van der Waals surface area (Å²) >= 11 is 0. The summed E-state index contributed by atoms with van der Waals surface area (Å²) in [5, 5.41) is 3.00. The minimum Gasteiger partial charge on any atom is -0.326 e. The van der Waals surface area contributed by atoms with Crippen LogP contribution in [0.2, 0.25) is 0 Å². The Bertz CT molecular complexity index is 365. The fourth-order valence-electron chi connectivity index (χ4n) is 2.84. The largest absolute Gasteiger partial charge is 0.326 e. The van der Waals surface area contributed by atoms with Crippen LogP contribution in [0.3, 0.4) is 0 Å². The average Bonchev–Trinajstić information content (AvgIpc) is 2.95. The minimum absolute atomic E-state index is 0.189. The van der Waals surface area contributed by atoms with E-state index in [9.17, 15) is 4.79 Å². The van der Waals surface area contributed by atoms with E-state index >= 15 is 0 Å². The molecule has 74 valence electrons. The molecule has 1 fully saturated rings. The van der Waals surface area contributed by atoms with E-state index < -0.39 is 0 Å². The SMILES string of the molecule is CCC1=CC2=C(CCC(=O)N2)C2CC12. The van der Waals surface area contributed by atoms with Gasteiger partial charge in [-0.2, -0.15) is 0 Å². The quantitative estimate of drug-likeness (QED) is 0.672. The van der Waals surface area contributed by atoms with Crippen LogP contribution >= 0.6 is 0 Å². The van der Waals surface area contributed by atoms with E-state index in [1.54, 1.807) is 0 Å². The number of carbonyl (C=O) groups is 1. The summed E-state index contributed by atoms with van der Waals surface area (Å²) in [5.41, 5.74) is 4.19. The van der Waals surface area contributed by atoms with Gasteiger partial charge in [0.25, 0.3) is 0 Å². The fraction of sp³-hybridized carbons (Fsp3) is 0.583. The average molecular weight is 189 g/mol. The normalized spacial score (nSPS) is 34.4. The second kappa shape index (κ2) is 2.72. The fourth-order valence-corrected chi connectivity index (χ4v) is 2.84. The summed E-state index contributed by atoms with van der Waals surface area (Å²) in [7, 11) is 0. The molecule has 0 spiro atoms. The van der Waals surface area contributed by atoms with Gasteiger partial charge in [-0.05, 0) is 42.7 Å². The Morgan fingerprint density at radius 1 is 1.43 bits per heavy atom. The van der Waals surface area contributed by atoms with Crippen molar-refractivity contribution in [3.63, 3.8) is 0 Å². The second-order valence-corrected chi connectivity index (χ2v) is 4.51. The van der Waals surface area contributed by atoms with Crippen molar-refractivity contribution >= 4 is 5.91 Å². The first kappa shape index (κ1) is 8.27. The molecule has 1 heterocycles. The van der Waals surface area contributed by atoms with Crippen molar-refractivity contribution in [2.75, 3.05) is 0 Å². The summed E-state index contributed by atoms with van der Waals surface area (Å²) in [6.07, 6.45) is 6.37. The number of rotatable bonds is 1. The van der Waals surface area contributed by atoms with E-state index in [0.717, 1.165) is 30.4 Å². The van der Waals surface area contributed by atoms with Crippen LogP contribution in [0.4, 0.5) is 0 Å². The number of hydrogen-bond acceptors (Lipinski definition) is 1.